The van der Waals surface area contributed by atoms with Crippen molar-refractivity contribution in [3.05, 3.63) is 12.4 Å². The van der Waals surface area contributed by atoms with Gasteiger partial charge in [-0.15, -0.1) is 0 Å². The Bertz CT molecular complexity index is 324. The van der Waals surface area contributed by atoms with Crippen LogP contribution in [0.2, 0.25) is 0 Å². The maximum absolute atomic E-state index is 5.69. The van der Waals surface area contributed by atoms with Crippen molar-refractivity contribution in [3.8, 4) is 5.88 Å². The summed E-state index contributed by atoms with van der Waals surface area (Å²) in [5.41, 5.74) is 0. The van der Waals surface area contributed by atoms with Crippen molar-refractivity contribution in [2.45, 2.75) is 32.6 Å². The first kappa shape index (κ1) is 11.2. The summed E-state index contributed by atoms with van der Waals surface area (Å²) in [4.78, 5) is 8.22. The fourth-order valence-electron chi connectivity index (χ4n) is 2.08. The number of hydrogen-bond donors (Lipinski definition) is 1. The molecule has 88 valence electrons. The quantitative estimate of drug-likeness (QED) is 0.829. The Morgan fingerprint density at radius 3 is 2.94 bits per heavy atom. The van der Waals surface area contributed by atoms with E-state index in [1.165, 1.54) is 25.7 Å². The van der Waals surface area contributed by atoms with E-state index in [4.69, 9.17) is 4.74 Å². The van der Waals surface area contributed by atoms with E-state index in [1.807, 2.05) is 13.0 Å². The minimum absolute atomic E-state index is 0.679. The average molecular weight is 221 g/mol. The molecule has 0 aromatic carbocycles. The van der Waals surface area contributed by atoms with E-state index in [0.717, 1.165) is 24.9 Å². The zero-order chi connectivity index (χ0) is 11.2. The summed E-state index contributed by atoms with van der Waals surface area (Å²) >= 11 is 0. The van der Waals surface area contributed by atoms with Gasteiger partial charge in [-0.2, -0.15) is 0 Å². The fraction of sp³-hybridized carbons (Fsp3) is 0.667. The highest BCUT2D eigenvalue weighted by Crippen LogP contribution is 2.25. The van der Waals surface area contributed by atoms with Crippen LogP contribution in [0.4, 0.5) is 5.82 Å². The third-order valence-corrected chi connectivity index (χ3v) is 2.94. The molecule has 1 N–H and O–H groups in total. The van der Waals surface area contributed by atoms with Crippen molar-refractivity contribution in [1.29, 1.82) is 0 Å². The van der Waals surface area contributed by atoms with Gasteiger partial charge in [0.05, 0.1) is 6.61 Å². The summed E-state index contributed by atoms with van der Waals surface area (Å²) in [7, 11) is 0. The predicted molar refractivity (Wildman–Crippen MR) is 63.6 cm³/mol. The van der Waals surface area contributed by atoms with Crippen LogP contribution >= 0.6 is 0 Å². The molecular weight excluding hydrogens is 202 g/mol. The average Bonchev–Trinajstić information content (AvgIpc) is 2.80. The molecule has 0 saturated heterocycles. The molecular formula is C12H19N3O. The highest BCUT2D eigenvalue weighted by atomic mass is 16.5. The molecule has 2 rings (SSSR count). The molecule has 1 saturated carbocycles. The Labute approximate surface area is 96.4 Å². The van der Waals surface area contributed by atoms with Gasteiger partial charge in [0.2, 0.25) is 5.88 Å². The summed E-state index contributed by atoms with van der Waals surface area (Å²) in [5, 5.41) is 3.14. The molecule has 0 radical (unpaired) electrons. The van der Waals surface area contributed by atoms with Crippen molar-refractivity contribution in [2.24, 2.45) is 5.92 Å². The van der Waals surface area contributed by atoms with E-state index in [2.05, 4.69) is 15.3 Å². The maximum atomic E-state index is 5.69. The van der Waals surface area contributed by atoms with Gasteiger partial charge < -0.3 is 10.1 Å². The van der Waals surface area contributed by atoms with Crippen LogP contribution in [-0.2, 0) is 0 Å². The maximum Gasteiger partial charge on any atom is 0.218 e. The van der Waals surface area contributed by atoms with Crippen LogP contribution in [-0.4, -0.2) is 23.1 Å². The number of nitrogens with one attached hydrogen (secondary N) is 1. The number of ether oxygens (including phenoxy) is 1. The second-order valence-corrected chi connectivity index (χ2v) is 4.23. The largest absolute Gasteiger partial charge is 0.477 e. The first-order chi connectivity index (χ1) is 7.88. The van der Waals surface area contributed by atoms with Crippen LogP contribution in [0.3, 0.4) is 0 Å². The zero-order valence-electron chi connectivity index (χ0n) is 9.78. The van der Waals surface area contributed by atoms with Gasteiger partial charge in [-0.05, 0) is 25.7 Å². The van der Waals surface area contributed by atoms with Gasteiger partial charge in [-0.1, -0.05) is 12.8 Å². The highest BCUT2D eigenvalue weighted by Gasteiger charge is 2.15. The lowest BCUT2D eigenvalue weighted by Crippen LogP contribution is -2.09. The van der Waals surface area contributed by atoms with Crippen molar-refractivity contribution in [3.63, 3.8) is 0 Å². The number of rotatable bonds is 5. The SMILES string of the molecule is CCNc1cc(OCC2CCCC2)ncn1. The summed E-state index contributed by atoms with van der Waals surface area (Å²) in [6.45, 7) is 3.70. The Balaban J connectivity index is 1.85. The van der Waals surface area contributed by atoms with E-state index in [1.54, 1.807) is 6.33 Å². The van der Waals surface area contributed by atoms with Gasteiger partial charge in [0.1, 0.15) is 12.1 Å². The monoisotopic (exact) mass is 221 g/mol. The first-order valence-corrected chi connectivity index (χ1v) is 6.07. The first-order valence-electron chi connectivity index (χ1n) is 6.07. The number of nitrogens with zero attached hydrogens (tertiary/aromatic N) is 2. The van der Waals surface area contributed by atoms with Crippen molar-refractivity contribution in [1.82, 2.24) is 9.97 Å². The van der Waals surface area contributed by atoms with Crippen LogP contribution < -0.4 is 10.1 Å². The topological polar surface area (TPSA) is 47.0 Å². The molecule has 1 aliphatic carbocycles. The summed E-state index contributed by atoms with van der Waals surface area (Å²) in [6, 6.07) is 1.86. The molecule has 1 aromatic heterocycles. The van der Waals surface area contributed by atoms with Crippen molar-refractivity contribution in [2.75, 3.05) is 18.5 Å². The lowest BCUT2D eigenvalue weighted by molar-refractivity contribution is 0.243. The number of anilines is 1. The standard InChI is InChI=1S/C12H19N3O/c1-2-13-11-7-12(15-9-14-11)16-8-10-5-3-4-6-10/h7,9-10H,2-6,8H2,1H3,(H,13,14,15). The Morgan fingerprint density at radius 2 is 2.19 bits per heavy atom. The summed E-state index contributed by atoms with van der Waals surface area (Å²) in [6.07, 6.45) is 6.83. The molecule has 0 bridgehead atoms. The molecule has 16 heavy (non-hydrogen) atoms. The molecule has 4 nitrogen and oxygen atoms in total. The molecule has 0 unspecified atom stereocenters. The molecule has 1 heterocycles. The molecule has 0 aliphatic heterocycles. The Hall–Kier alpha value is -1.32. The Morgan fingerprint density at radius 1 is 1.38 bits per heavy atom. The third-order valence-electron chi connectivity index (χ3n) is 2.94. The molecule has 1 aliphatic rings. The molecule has 0 amide bonds. The highest BCUT2D eigenvalue weighted by molar-refractivity contribution is 5.36. The van der Waals surface area contributed by atoms with E-state index in [-0.39, 0.29) is 0 Å². The normalized spacial score (nSPS) is 16.3. The molecule has 0 spiro atoms. The lowest BCUT2D eigenvalue weighted by atomic mass is 10.1. The van der Waals surface area contributed by atoms with Crippen LogP contribution in [0.25, 0.3) is 0 Å². The van der Waals surface area contributed by atoms with Crippen LogP contribution in [0.5, 0.6) is 5.88 Å². The van der Waals surface area contributed by atoms with E-state index in [9.17, 15) is 0 Å². The molecule has 1 fully saturated rings. The van der Waals surface area contributed by atoms with E-state index < -0.39 is 0 Å². The van der Waals surface area contributed by atoms with Gasteiger partial charge in [0.25, 0.3) is 0 Å². The predicted octanol–water partition coefficient (Wildman–Crippen LogP) is 2.48. The second kappa shape index (κ2) is 5.68. The van der Waals surface area contributed by atoms with Crippen molar-refractivity contribution >= 4 is 5.82 Å². The fourth-order valence-corrected chi connectivity index (χ4v) is 2.08. The van der Waals surface area contributed by atoms with Gasteiger partial charge in [0.15, 0.2) is 0 Å². The Kier molecular flexibility index (Phi) is 3.97. The third kappa shape index (κ3) is 3.08. The lowest BCUT2D eigenvalue weighted by Gasteiger charge is -2.11. The minimum atomic E-state index is 0.679. The smallest absolute Gasteiger partial charge is 0.218 e. The minimum Gasteiger partial charge on any atom is -0.477 e. The zero-order valence-corrected chi connectivity index (χ0v) is 9.78. The summed E-state index contributed by atoms with van der Waals surface area (Å²) in [5.74, 6) is 2.23. The molecule has 1 aromatic rings. The van der Waals surface area contributed by atoms with E-state index >= 15 is 0 Å². The molecule has 0 atom stereocenters. The number of aromatic nitrogens is 2. The second-order valence-electron chi connectivity index (χ2n) is 4.23. The van der Waals surface area contributed by atoms with Gasteiger partial charge in [-0.25, -0.2) is 9.97 Å². The van der Waals surface area contributed by atoms with Gasteiger partial charge in [-0.3, -0.25) is 0 Å². The van der Waals surface area contributed by atoms with E-state index in [0.29, 0.717) is 5.88 Å². The van der Waals surface area contributed by atoms with Crippen molar-refractivity contribution < 1.29 is 4.74 Å². The molecule has 4 heteroatoms. The van der Waals surface area contributed by atoms with Crippen LogP contribution in [0, 0.1) is 5.92 Å². The number of hydrogen-bond acceptors (Lipinski definition) is 4. The van der Waals surface area contributed by atoms with Crippen LogP contribution in [0.15, 0.2) is 12.4 Å². The summed E-state index contributed by atoms with van der Waals surface area (Å²) < 4.78 is 5.69. The van der Waals surface area contributed by atoms with Gasteiger partial charge in [0, 0.05) is 12.6 Å². The van der Waals surface area contributed by atoms with Gasteiger partial charge >= 0.3 is 0 Å². The van der Waals surface area contributed by atoms with Crippen LogP contribution in [0.1, 0.15) is 32.6 Å².